The molecule has 0 aliphatic carbocycles. The van der Waals surface area contributed by atoms with Gasteiger partial charge in [0.15, 0.2) is 5.11 Å². The largest absolute Gasteiger partial charge is 0.507 e. The topological polar surface area (TPSA) is 70.6 Å². The van der Waals surface area contributed by atoms with Crippen LogP contribution in [-0.2, 0) is 0 Å². The summed E-state index contributed by atoms with van der Waals surface area (Å²) in [7, 11) is 0. The number of nitrogens with two attached hydrogens (primary N) is 1. The molecule has 1 rings (SSSR count). The highest BCUT2D eigenvalue weighted by Crippen LogP contribution is 2.22. The van der Waals surface area contributed by atoms with E-state index in [2.05, 4.69) is 22.7 Å². The zero-order chi connectivity index (χ0) is 11.4. The Morgan fingerprint density at radius 3 is 2.80 bits per heavy atom. The third kappa shape index (κ3) is 3.38. The molecule has 0 spiro atoms. The van der Waals surface area contributed by atoms with Crippen molar-refractivity contribution < 1.29 is 5.11 Å². The van der Waals surface area contributed by atoms with E-state index >= 15 is 0 Å². The average Bonchev–Trinajstić information content (AvgIpc) is 2.14. The quantitative estimate of drug-likeness (QED) is 0.419. The van der Waals surface area contributed by atoms with Crippen LogP contribution in [-0.4, -0.2) is 15.9 Å². The summed E-state index contributed by atoms with van der Waals surface area (Å²) in [6.45, 7) is 1.72. The summed E-state index contributed by atoms with van der Waals surface area (Å²) in [6, 6.07) is 4.77. The molecule has 0 aliphatic rings. The Bertz CT molecular complexity index is 420. The summed E-state index contributed by atoms with van der Waals surface area (Å²) >= 11 is 10.3. The number of benzene rings is 1. The maximum atomic E-state index is 9.57. The molecule has 4 nitrogen and oxygen atoms in total. The van der Waals surface area contributed by atoms with E-state index < -0.39 is 0 Å². The lowest BCUT2D eigenvalue weighted by molar-refractivity contribution is 0.474. The lowest BCUT2D eigenvalue weighted by Crippen LogP contribution is -2.25. The van der Waals surface area contributed by atoms with Crippen LogP contribution in [0.3, 0.4) is 0 Å². The van der Waals surface area contributed by atoms with E-state index in [0.717, 1.165) is 0 Å². The van der Waals surface area contributed by atoms with Crippen LogP contribution in [0.4, 0.5) is 0 Å². The summed E-state index contributed by atoms with van der Waals surface area (Å²) < 4.78 is 0. The molecule has 15 heavy (non-hydrogen) atoms. The highest BCUT2D eigenvalue weighted by atomic mass is 35.5. The second-order valence-corrected chi connectivity index (χ2v) is 3.71. The summed E-state index contributed by atoms with van der Waals surface area (Å²) in [4.78, 5) is 0. The van der Waals surface area contributed by atoms with Gasteiger partial charge in [0.25, 0.3) is 0 Å². The fourth-order valence-electron chi connectivity index (χ4n) is 1.01. The van der Waals surface area contributed by atoms with Crippen LogP contribution < -0.4 is 11.2 Å². The van der Waals surface area contributed by atoms with Gasteiger partial charge in [0.05, 0.1) is 5.71 Å². The van der Waals surface area contributed by atoms with Gasteiger partial charge in [-0.3, -0.25) is 5.43 Å². The van der Waals surface area contributed by atoms with E-state index in [4.69, 9.17) is 17.3 Å². The summed E-state index contributed by atoms with van der Waals surface area (Å²) in [5.41, 5.74) is 8.79. The van der Waals surface area contributed by atoms with Crippen molar-refractivity contribution in [3.63, 3.8) is 0 Å². The Kier molecular flexibility index (Phi) is 3.88. The number of halogens is 1. The van der Waals surface area contributed by atoms with Crippen molar-refractivity contribution in [2.45, 2.75) is 6.92 Å². The second kappa shape index (κ2) is 4.95. The van der Waals surface area contributed by atoms with Gasteiger partial charge in [0.1, 0.15) is 5.75 Å². The van der Waals surface area contributed by atoms with Crippen LogP contribution in [0.2, 0.25) is 5.02 Å². The fourth-order valence-corrected chi connectivity index (χ4v) is 1.22. The van der Waals surface area contributed by atoms with E-state index in [1.54, 1.807) is 19.1 Å². The van der Waals surface area contributed by atoms with Gasteiger partial charge in [-0.05, 0) is 37.3 Å². The molecular formula is C9H10ClN3OS. The van der Waals surface area contributed by atoms with Crippen LogP contribution in [0, 0.1) is 0 Å². The normalized spacial score (nSPS) is 11.2. The molecule has 6 heteroatoms. The van der Waals surface area contributed by atoms with Gasteiger partial charge >= 0.3 is 0 Å². The minimum absolute atomic E-state index is 0.0634. The molecule has 1 aromatic rings. The molecule has 0 bridgehead atoms. The molecule has 0 saturated heterocycles. The first kappa shape index (κ1) is 11.7. The number of phenolic OH excluding ortho intramolecular Hbond substituents is 1. The smallest absolute Gasteiger partial charge is 0.184 e. The molecule has 0 aromatic heterocycles. The van der Waals surface area contributed by atoms with E-state index in [0.29, 0.717) is 16.3 Å². The number of hydrazone groups is 1. The highest BCUT2D eigenvalue weighted by molar-refractivity contribution is 7.80. The van der Waals surface area contributed by atoms with Gasteiger partial charge < -0.3 is 10.8 Å². The van der Waals surface area contributed by atoms with Crippen molar-refractivity contribution in [3.8, 4) is 5.75 Å². The van der Waals surface area contributed by atoms with Gasteiger partial charge in [-0.1, -0.05) is 11.6 Å². The maximum Gasteiger partial charge on any atom is 0.184 e. The third-order valence-electron chi connectivity index (χ3n) is 1.68. The Labute approximate surface area is 97.7 Å². The molecule has 0 heterocycles. The molecule has 80 valence electrons. The van der Waals surface area contributed by atoms with Crippen molar-refractivity contribution in [3.05, 3.63) is 28.8 Å². The number of aromatic hydroxyl groups is 1. The Balaban J connectivity index is 2.95. The summed E-state index contributed by atoms with van der Waals surface area (Å²) in [6.07, 6.45) is 0. The van der Waals surface area contributed by atoms with Crippen molar-refractivity contribution >= 4 is 34.6 Å². The van der Waals surface area contributed by atoms with Crippen LogP contribution >= 0.6 is 23.8 Å². The molecular weight excluding hydrogens is 234 g/mol. The average molecular weight is 244 g/mol. The zero-order valence-corrected chi connectivity index (χ0v) is 9.56. The highest BCUT2D eigenvalue weighted by Gasteiger charge is 2.04. The molecule has 4 N–H and O–H groups in total. The van der Waals surface area contributed by atoms with E-state index in [1.165, 1.54) is 6.07 Å². The van der Waals surface area contributed by atoms with Crippen molar-refractivity contribution in [2.24, 2.45) is 10.8 Å². The lowest BCUT2D eigenvalue weighted by atomic mass is 10.1. The minimum Gasteiger partial charge on any atom is -0.507 e. The number of nitrogens with one attached hydrogen (secondary N) is 1. The molecule has 1 aromatic carbocycles. The van der Waals surface area contributed by atoms with Crippen LogP contribution in [0.1, 0.15) is 12.5 Å². The first-order chi connectivity index (χ1) is 7.00. The van der Waals surface area contributed by atoms with Crippen molar-refractivity contribution in [2.75, 3.05) is 0 Å². The number of phenols is 1. The van der Waals surface area contributed by atoms with Gasteiger partial charge in [-0.25, -0.2) is 0 Å². The third-order valence-corrected chi connectivity index (χ3v) is 2.01. The van der Waals surface area contributed by atoms with E-state index in [1.807, 2.05) is 0 Å². The molecule has 0 amide bonds. The predicted molar refractivity (Wildman–Crippen MR) is 65.2 cm³/mol. The number of thiocarbonyl (C=S) groups is 1. The summed E-state index contributed by atoms with van der Waals surface area (Å²) in [5.74, 6) is 0.0634. The van der Waals surface area contributed by atoms with Gasteiger partial charge in [-0.15, -0.1) is 0 Å². The number of nitrogens with zero attached hydrogens (tertiary/aromatic N) is 1. The lowest BCUT2D eigenvalue weighted by Gasteiger charge is -2.04. The monoisotopic (exact) mass is 243 g/mol. The van der Waals surface area contributed by atoms with Crippen LogP contribution in [0.5, 0.6) is 5.75 Å². The SMILES string of the molecule is C/C(=N\NC(N)=S)c1ccc(Cl)cc1O. The van der Waals surface area contributed by atoms with Crippen LogP contribution in [0.15, 0.2) is 23.3 Å². The molecule has 0 unspecified atom stereocenters. The van der Waals surface area contributed by atoms with Gasteiger partial charge in [0.2, 0.25) is 0 Å². The maximum absolute atomic E-state index is 9.57. The fraction of sp³-hybridized carbons (Fsp3) is 0.111. The van der Waals surface area contributed by atoms with Gasteiger partial charge in [0, 0.05) is 10.6 Å². The number of rotatable bonds is 2. The van der Waals surface area contributed by atoms with Crippen LogP contribution in [0.25, 0.3) is 0 Å². The Morgan fingerprint density at radius 2 is 2.27 bits per heavy atom. The van der Waals surface area contributed by atoms with E-state index in [9.17, 15) is 5.11 Å². The number of hydrogen-bond donors (Lipinski definition) is 3. The molecule has 0 fully saturated rings. The zero-order valence-electron chi connectivity index (χ0n) is 7.99. The second-order valence-electron chi connectivity index (χ2n) is 2.83. The van der Waals surface area contributed by atoms with Gasteiger partial charge in [-0.2, -0.15) is 5.10 Å². The van der Waals surface area contributed by atoms with Crippen molar-refractivity contribution in [1.82, 2.24) is 5.43 Å². The first-order valence-corrected chi connectivity index (χ1v) is 4.88. The number of hydrogen-bond acceptors (Lipinski definition) is 3. The molecule has 0 radical (unpaired) electrons. The first-order valence-electron chi connectivity index (χ1n) is 4.09. The van der Waals surface area contributed by atoms with E-state index in [-0.39, 0.29) is 10.9 Å². The standard InChI is InChI=1S/C9H10ClN3OS/c1-5(12-13-9(11)15)7-3-2-6(10)4-8(7)14/h2-4,14H,1H3,(H3,11,13,15)/b12-5+. The van der Waals surface area contributed by atoms with Crippen molar-refractivity contribution in [1.29, 1.82) is 0 Å². The Hall–Kier alpha value is -1.33. The molecule has 0 saturated carbocycles. The minimum atomic E-state index is 0.0634. The predicted octanol–water partition coefficient (Wildman–Crippen LogP) is 1.60. The molecule has 0 aliphatic heterocycles. The summed E-state index contributed by atoms with van der Waals surface area (Å²) in [5, 5.41) is 14.0. The molecule has 0 atom stereocenters. The Morgan fingerprint density at radius 1 is 1.60 bits per heavy atom.